The summed E-state index contributed by atoms with van der Waals surface area (Å²) in [7, 11) is 0. The number of benzene rings is 2. The number of hydrogen-bond donors (Lipinski definition) is 2. The van der Waals surface area contributed by atoms with Gasteiger partial charge in [0.2, 0.25) is 5.95 Å². The van der Waals surface area contributed by atoms with Crippen LogP contribution in [0.15, 0.2) is 60.8 Å². The number of carbonyl (C=O) groups excluding carboxylic acids is 1. The average Bonchev–Trinajstić information content (AvgIpc) is 2.64. The molecule has 6 nitrogen and oxygen atoms in total. The van der Waals surface area contributed by atoms with Gasteiger partial charge in [-0.25, -0.2) is 14.4 Å². The zero-order chi connectivity index (χ0) is 17.6. The van der Waals surface area contributed by atoms with Crippen molar-refractivity contribution < 1.29 is 9.18 Å². The second-order valence-corrected chi connectivity index (χ2v) is 5.04. The third-order valence-electron chi connectivity index (χ3n) is 3.24. The molecule has 3 rings (SSSR count). The number of halogens is 1. The molecule has 0 bridgehead atoms. The smallest absolute Gasteiger partial charge is 0.274 e. The lowest BCUT2D eigenvalue weighted by Crippen LogP contribution is -2.14. The molecule has 0 saturated heterocycles. The van der Waals surface area contributed by atoms with E-state index in [0.29, 0.717) is 16.9 Å². The number of aromatic nitrogens is 2. The van der Waals surface area contributed by atoms with Crippen molar-refractivity contribution in [3.05, 3.63) is 77.9 Å². The number of rotatable bonds is 4. The second-order valence-electron chi connectivity index (χ2n) is 5.04. The molecule has 0 fully saturated rings. The molecule has 2 aromatic carbocycles. The highest BCUT2D eigenvalue weighted by atomic mass is 19.1. The molecular weight excluding hydrogens is 321 g/mol. The third-order valence-corrected chi connectivity index (χ3v) is 3.24. The van der Waals surface area contributed by atoms with Crippen LogP contribution in [0.4, 0.5) is 21.7 Å². The minimum atomic E-state index is -0.442. The molecule has 7 heteroatoms. The van der Waals surface area contributed by atoms with E-state index in [1.807, 2.05) is 6.07 Å². The summed E-state index contributed by atoms with van der Waals surface area (Å²) in [6.07, 6.45) is 1.45. The third kappa shape index (κ3) is 4.14. The minimum absolute atomic E-state index is 0.151. The van der Waals surface area contributed by atoms with E-state index < -0.39 is 5.91 Å². The lowest BCUT2D eigenvalue weighted by atomic mass is 10.2. The maximum atomic E-state index is 12.9. The van der Waals surface area contributed by atoms with E-state index in [2.05, 4.69) is 20.6 Å². The van der Waals surface area contributed by atoms with E-state index >= 15 is 0 Å². The van der Waals surface area contributed by atoms with Crippen molar-refractivity contribution >= 4 is 23.2 Å². The van der Waals surface area contributed by atoms with Crippen LogP contribution in [-0.2, 0) is 0 Å². The summed E-state index contributed by atoms with van der Waals surface area (Å²) >= 11 is 0. The van der Waals surface area contributed by atoms with Crippen molar-refractivity contribution in [1.29, 1.82) is 5.26 Å². The molecule has 0 unspecified atom stereocenters. The van der Waals surface area contributed by atoms with Gasteiger partial charge < -0.3 is 10.6 Å². The summed E-state index contributed by atoms with van der Waals surface area (Å²) in [6.45, 7) is 0. The highest BCUT2D eigenvalue weighted by molar-refractivity contribution is 6.02. The minimum Gasteiger partial charge on any atom is -0.324 e. The van der Waals surface area contributed by atoms with E-state index in [1.54, 1.807) is 24.3 Å². The Hall–Kier alpha value is -3.79. The van der Waals surface area contributed by atoms with Crippen molar-refractivity contribution in [2.45, 2.75) is 0 Å². The van der Waals surface area contributed by atoms with Gasteiger partial charge in [0.15, 0.2) is 0 Å². The lowest BCUT2D eigenvalue weighted by molar-refractivity contribution is 0.102. The fourth-order valence-corrected chi connectivity index (χ4v) is 2.07. The van der Waals surface area contributed by atoms with Crippen LogP contribution in [0.2, 0.25) is 0 Å². The fraction of sp³-hybridized carbons (Fsp3) is 0. The standard InChI is InChI=1S/C18H12FN5O/c19-13-4-6-14(7-5-13)22-17(25)16-8-9-21-18(24-16)23-15-3-1-2-12(10-15)11-20/h1-10H,(H,22,25)(H,21,23,24). The van der Waals surface area contributed by atoms with Gasteiger partial charge in [0, 0.05) is 17.6 Å². The van der Waals surface area contributed by atoms with Crippen LogP contribution in [-0.4, -0.2) is 15.9 Å². The normalized spacial score (nSPS) is 9.92. The molecule has 1 aromatic heterocycles. The molecule has 0 saturated carbocycles. The van der Waals surface area contributed by atoms with Crippen LogP contribution >= 0.6 is 0 Å². The summed E-state index contributed by atoms with van der Waals surface area (Å²) in [5, 5.41) is 14.5. The Morgan fingerprint density at radius 3 is 2.64 bits per heavy atom. The van der Waals surface area contributed by atoms with Gasteiger partial charge in [0.1, 0.15) is 11.5 Å². The van der Waals surface area contributed by atoms with Gasteiger partial charge in [0.25, 0.3) is 5.91 Å². The second kappa shape index (κ2) is 7.19. The first kappa shape index (κ1) is 16.1. The first-order valence-corrected chi connectivity index (χ1v) is 7.31. The van der Waals surface area contributed by atoms with Crippen molar-refractivity contribution in [2.24, 2.45) is 0 Å². The van der Waals surface area contributed by atoms with Crippen LogP contribution in [0.25, 0.3) is 0 Å². The maximum Gasteiger partial charge on any atom is 0.274 e. The zero-order valence-electron chi connectivity index (χ0n) is 12.9. The predicted octanol–water partition coefficient (Wildman–Crippen LogP) is 3.48. The Labute approximate surface area is 143 Å². The summed E-state index contributed by atoms with van der Waals surface area (Å²) in [5.74, 6) is -0.601. The van der Waals surface area contributed by atoms with Gasteiger partial charge in [0.05, 0.1) is 11.6 Å². The Kier molecular flexibility index (Phi) is 4.62. The SMILES string of the molecule is N#Cc1cccc(Nc2nccc(C(=O)Nc3ccc(F)cc3)n2)c1. The summed E-state index contributed by atoms with van der Waals surface area (Å²) in [6, 6.07) is 15.8. The van der Waals surface area contributed by atoms with Crippen LogP contribution in [0, 0.1) is 17.1 Å². The van der Waals surface area contributed by atoms with Gasteiger partial charge in [-0.1, -0.05) is 6.07 Å². The maximum absolute atomic E-state index is 12.9. The molecule has 0 aliphatic heterocycles. The first-order chi connectivity index (χ1) is 12.1. The van der Waals surface area contributed by atoms with E-state index in [-0.39, 0.29) is 17.5 Å². The number of anilines is 3. The van der Waals surface area contributed by atoms with Crippen LogP contribution in [0.5, 0.6) is 0 Å². The molecule has 0 atom stereocenters. The van der Waals surface area contributed by atoms with Crippen LogP contribution in [0.1, 0.15) is 16.1 Å². The van der Waals surface area contributed by atoms with Gasteiger partial charge >= 0.3 is 0 Å². The molecular formula is C18H12FN5O. The number of hydrogen-bond acceptors (Lipinski definition) is 5. The quantitative estimate of drug-likeness (QED) is 0.763. The van der Waals surface area contributed by atoms with E-state index in [4.69, 9.17) is 5.26 Å². The highest BCUT2D eigenvalue weighted by Crippen LogP contribution is 2.15. The molecule has 0 aliphatic carbocycles. The van der Waals surface area contributed by atoms with Crippen molar-refractivity contribution in [1.82, 2.24) is 9.97 Å². The Bertz CT molecular complexity index is 950. The molecule has 0 spiro atoms. The van der Waals surface area contributed by atoms with Crippen molar-refractivity contribution in [3.8, 4) is 6.07 Å². The van der Waals surface area contributed by atoms with Crippen molar-refractivity contribution in [2.75, 3.05) is 10.6 Å². The molecule has 0 aliphatic rings. The molecule has 0 radical (unpaired) electrons. The molecule has 1 amide bonds. The van der Waals surface area contributed by atoms with E-state index in [1.165, 1.54) is 36.5 Å². The summed E-state index contributed by atoms with van der Waals surface area (Å²) in [5.41, 5.74) is 1.74. The number of nitrogens with zero attached hydrogens (tertiary/aromatic N) is 3. The monoisotopic (exact) mass is 333 g/mol. The average molecular weight is 333 g/mol. The molecule has 1 heterocycles. The Morgan fingerprint density at radius 1 is 1.08 bits per heavy atom. The number of amides is 1. The molecule has 25 heavy (non-hydrogen) atoms. The van der Waals surface area contributed by atoms with Gasteiger partial charge in [-0.2, -0.15) is 5.26 Å². The Balaban J connectivity index is 1.75. The lowest BCUT2D eigenvalue weighted by Gasteiger charge is -2.07. The molecule has 3 aromatic rings. The topological polar surface area (TPSA) is 90.7 Å². The van der Waals surface area contributed by atoms with Gasteiger partial charge in [-0.15, -0.1) is 0 Å². The fourth-order valence-electron chi connectivity index (χ4n) is 2.07. The largest absolute Gasteiger partial charge is 0.324 e. The van der Waals surface area contributed by atoms with Crippen LogP contribution < -0.4 is 10.6 Å². The van der Waals surface area contributed by atoms with Crippen LogP contribution in [0.3, 0.4) is 0 Å². The van der Waals surface area contributed by atoms with Crippen molar-refractivity contribution in [3.63, 3.8) is 0 Å². The van der Waals surface area contributed by atoms with E-state index in [0.717, 1.165) is 0 Å². The van der Waals surface area contributed by atoms with Gasteiger partial charge in [-0.05, 0) is 48.5 Å². The number of nitriles is 1. The summed E-state index contributed by atoms with van der Waals surface area (Å²) in [4.78, 5) is 20.4. The predicted molar refractivity (Wildman–Crippen MR) is 90.8 cm³/mol. The molecule has 2 N–H and O–H groups in total. The zero-order valence-corrected chi connectivity index (χ0v) is 12.9. The summed E-state index contributed by atoms with van der Waals surface area (Å²) < 4.78 is 12.9. The van der Waals surface area contributed by atoms with Gasteiger partial charge in [-0.3, -0.25) is 4.79 Å². The Morgan fingerprint density at radius 2 is 1.88 bits per heavy atom. The molecule has 122 valence electrons. The first-order valence-electron chi connectivity index (χ1n) is 7.31. The highest BCUT2D eigenvalue weighted by Gasteiger charge is 2.10. The number of nitrogens with one attached hydrogen (secondary N) is 2. The van der Waals surface area contributed by atoms with E-state index in [9.17, 15) is 9.18 Å². The number of carbonyl (C=O) groups is 1.